The van der Waals surface area contributed by atoms with Crippen molar-refractivity contribution in [3.05, 3.63) is 47.8 Å². The highest BCUT2D eigenvalue weighted by molar-refractivity contribution is 6.63. The quantitative estimate of drug-likeness (QED) is 0.710. The summed E-state index contributed by atoms with van der Waals surface area (Å²) < 4.78 is 25.5. The number of aromatic nitrogens is 2. The fourth-order valence-electron chi connectivity index (χ4n) is 3.20. The van der Waals surface area contributed by atoms with Crippen LogP contribution in [-0.2, 0) is 9.31 Å². The summed E-state index contributed by atoms with van der Waals surface area (Å²) in [5, 5.41) is 0. The molecule has 0 unspecified atom stereocenters. The van der Waals surface area contributed by atoms with E-state index in [-0.39, 0.29) is 17.0 Å². The molecule has 0 saturated carbocycles. The standard InChI is InChI=1S/C20H22BFN2O2/c1-12-15(21-25-19(2,3)20(4,5)26-21)10-11-16-17(12)24-18(23-16)13-6-8-14(22)9-7-13/h6-11H,1-5H3,(H,23,24). The van der Waals surface area contributed by atoms with E-state index >= 15 is 0 Å². The number of hydrogen-bond acceptors (Lipinski definition) is 3. The highest BCUT2D eigenvalue weighted by Gasteiger charge is 2.52. The molecule has 6 heteroatoms. The van der Waals surface area contributed by atoms with Gasteiger partial charge in [-0.05, 0) is 76.0 Å². The summed E-state index contributed by atoms with van der Waals surface area (Å²) in [7, 11) is -0.421. The molecule has 26 heavy (non-hydrogen) atoms. The van der Waals surface area contributed by atoms with Gasteiger partial charge in [0, 0.05) is 5.56 Å². The minimum absolute atomic E-state index is 0.260. The molecule has 0 spiro atoms. The zero-order valence-corrected chi connectivity index (χ0v) is 15.7. The Hall–Kier alpha value is -2.18. The first-order valence-corrected chi connectivity index (χ1v) is 8.79. The van der Waals surface area contributed by atoms with Gasteiger partial charge in [-0.3, -0.25) is 0 Å². The lowest BCUT2D eigenvalue weighted by molar-refractivity contribution is 0.00578. The van der Waals surface area contributed by atoms with Crippen LogP contribution in [0.2, 0.25) is 0 Å². The van der Waals surface area contributed by atoms with Crippen molar-refractivity contribution in [2.24, 2.45) is 0 Å². The summed E-state index contributed by atoms with van der Waals surface area (Å²) >= 11 is 0. The van der Waals surface area contributed by atoms with E-state index in [2.05, 4.69) is 4.98 Å². The Bertz CT molecular complexity index is 963. The number of benzene rings is 2. The second kappa shape index (κ2) is 5.66. The smallest absolute Gasteiger partial charge is 0.399 e. The lowest BCUT2D eigenvalue weighted by atomic mass is 9.76. The maximum absolute atomic E-state index is 13.2. The fourth-order valence-corrected chi connectivity index (χ4v) is 3.20. The number of nitrogens with one attached hydrogen (secondary N) is 1. The lowest BCUT2D eigenvalue weighted by Crippen LogP contribution is -2.41. The van der Waals surface area contributed by atoms with Crippen LogP contribution in [0.3, 0.4) is 0 Å². The predicted molar refractivity (Wildman–Crippen MR) is 102 cm³/mol. The number of hydrogen-bond donors (Lipinski definition) is 1. The number of halogens is 1. The van der Waals surface area contributed by atoms with E-state index in [0.717, 1.165) is 27.6 Å². The summed E-state index contributed by atoms with van der Waals surface area (Å²) in [6.07, 6.45) is 0. The minimum atomic E-state index is -0.421. The third-order valence-corrected chi connectivity index (χ3v) is 5.57. The Morgan fingerprint density at radius 1 is 0.962 bits per heavy atom. The fraction of sp³-hybridized carbons (Fsp3) is 0.350. The van der Waals surface area contributed by atoms with Crippen LogP contribution >= 0.6 is 0 Å². The topological polar surface area (TPSA) is 47.1 Å². The Balaban J connectivity index is 1.75. The van der Waals surface area contributed by atoms with E-state index < -0.39 is 7.12 Å². The molecule has 0 aliphatic carbocycles. The first-order chi connectivity index (χ1) is 12.2. The predicted octanol–water partition coefficient (Wildman–Crippen LogP) is 3.98. The molecule has 1 aliphatic heterocycles. The molecule has 1 N–H and O–H groups in total. The highest BCUT2D eigenvalue weighted by Crippen LogP contribution is 2.37. The second-order valence-electron chi connectivity index (χ2n) is 7.86. The number of rotatable bonds is 2. The summed E-state index contributed by atoms with van der Waals surface area (Å²) in [4.78, 5) is 8.04. The average Bonchev–Trinajstić information content (AvgIpc) is 3.08. The SMILES string of the molecule is Cc1c(B2OC(C)(C)C(C)(C)O2)ccc2[nH]c(-c3ccc(F)cc3)nc12. The molecule has 1 fully saturated rings. The van der Waals surface area contributed by atoms with Crippen LogP contribution in [0.15, 0.2) is 36.4 Å². The highest BCUT2D eigenvalue weighted by atomic mass is 19.1. The molecule has 2 aromatic carbocycles. The van der Waals surface area contributed by atoms with Crippen molar-refractivity contribution in [1.29, 1.82) is 0 Å². The molecular weight excluding hydrogens is 330 g/mol. The lowest BCUT2D eigenvalue weighted by Gasteiger charge is -2.32. The van der Waals surface area contributed by atoms with Crippen molar-refractivity contribution in [3.63, 3.8) is 0 Å². The number of H-pyrrole nitrogens is 1. The molecule has 134 valence electrons. The van der Waals surface area contributed by atoms with Gasteiger partial charge in [-0.2, -0.15) is 0 Å². The van der Waals surface area contributed by atoms with Crippen LogP contribution < -0.4 is 5.46 Å². The van der Waals surface area contributed by atoms with E-state index in [9.17, 15) is 4.39 Å². The van der Waals surface area contributed by atoms with Crippen LogP contribution in [0.1, 0.15) is 33.3 Å². The van der Waals surface area contributed by atoms with Crippen molar-refractivity contribution in [1.82, 2.24) is 9.97 Å². The van der Waals surface area contributed by atoms with Gasteiger partial charge in [-0.25, -0.2) is 9.37 Å². The van der Waals surface area contributed by atoms with Gasteiger partial charge < -0.3 is 14.3 Å². The van der Waals surface area contributed by atoms with Crippen molar-refractivity contribution in [2.75, 3.05) is 0 Å². The number of aromatic amines is 1. The van der Waals surface area contributed by atoms with E-state index in [4.69, 9.17) is 14.3 Å². The number of fused-ring (bicyclic) bond motifs is 1. The molecule has 4 rings (SSSR count). The summed E-state index contributed by atoms with van der Waals surface area (Å²) in [6, 6.07) is 10.3. The molecule has 4 nitrogen and oxygen atoms in total. The molecule has 0 radical (unpaired) electrons. The van der Waals surface area contributed by atoms with E-state index in [0.29, 0.717) is 5.82 Å². The first-order valence-electron chi connectivity index (χ1n) is 8.79. The van der Waals surface area contributed by atoms with Crippen LogP contribution in [0.5, 0.6) is 0 Å². The summed E-state index contributed by atoms with van der Waals surface area (Å²) in [5.74, 6) is 0.457. The zero-order chi connectivity index (χ0) is 18.7. The molecular formula is C20H22BFN2O2. The Morgan fingerprint density at radius 2 is 1.58 bits per heavy atom. The Morgan fingerprint density at radius 3 is 2.19 bits per heavy atom. The first kappa shape index (κ1) is 17.2. The van der Waals surface area contributed by atoms with Gasteiger partial charge >= 0.3 is 7.12 Å². The third kappa shape index (κ3) is 2.64. The monoisotopic (exact) mass is 352 g/mol. The van der Waals surface area contributed by atoms with Gasteiger partial charge in [0.2, 0.25) is 0 Å². The largest absolute Gasteiger partial charge is 0.495 e. The normalized spacial score (nSPS) is 18.6. The van der Waals surface area contributed by atoms with Crippen molar-refractivity contribution < 1.29 is 13.7 Å². The second-order valence-corrected chi connectivity index (χ2v) is 7.86. The molecule has 0 bridgehead atoms. The molecule has 0 atom stereocenters. The third-order valence-electron chi connectivity index (χ3n) is 5.57. The molecule has 1 saturated heterocycles. The molecule has 1 aromatic heterocycles. The van der Waals surface area contributed by atoms with Gasteiger partial charge in [0.1, 0.15) is 11.6 Å². The summed E-state index contributed by atoms with van der Waals surface area (Å²) in [6.45, 7) is 10.2. The van der Waals surface area contributed by atoms with Crippen LogP contribution in [0, 0.1) is 12.7 Å². The molecule has 0 amide bonds. The van der Waals surface area contributed by atoms with Gasteiger partial charge in [-0.15, -0.1) is 0 Å². The molecule has 3 aromatic rings. The maximum atomic E-state index is 13.2. The number of imidazole rings is 1. The van der Waals surface area contributed by atoms with Crippen molar-refractivity contribution in [2.45, 2.75) is 45.8 Å². The van der Waals surface area contributed by atoms with Crippen LogP contribution in [-0.4, -0.2) is 28.3 Å². The maximum Gasteiger partial charge on any atom is 0.495 e. The minimum Gasteiger partial charge on any atom is -0.399 e. The van der Waals surface area contributed by atoms with Crippen molar-refractivity contribution >= 4 is 23.6 Å². The van der Waals surface area contributed by atoms with Crippen LogP contribution in [0.4, 0.5) is 4.39 Å². The Labute approximate surface area is 152 Å². The van der Waals surface area contributed by atoms with Crippen LogP contribution in [0.25, 0.3) is 22.4 Å². The van der Waals surface area contributed by atoms with Gasteiger partial charge in [0.05, 0.1) is 22.2 Å². The van der Waals surface area contributed by atoms with E-state index in [1.807, 2.05) is 46.8 Å². The number of aryl methyl sites for hydroxylation is 1. The average molecular weight is 352 g/mol. The van der Waals surface area contributed by atoms with Gasteiger partial charge in [0.15, 0.2) is 0 Å². The number of nitrogens with zero attached hydrogens (tertiary/aromatic N) is 1. The van der Waals surface area contributed by atoms with E-state index in [1.165, 1.54) is 12.1 Å². The summed E-state index contributed by atoms with van der Waals surface area (Å²) in [5.41, 5.74) is 3.88. The van der Waals surface area contributed by atoms with Gasteiger partial charge in [-0.1, -0.05) is 6.07 Å². The Kier molecular flexibility index (Phi) is 3.76. The zero-order valence-electron chi connectivity index (χ0n) is 15.7. The molecule has 1 aliphatic rings. The van der Waals surface area contributed by atoms with Crippen molar-refractivity contribution in [3.8, 4) is 11.4 Å². The van der Waals surface area contributed by atoms with E-state index in [1.54, 1.807) is 12.1 Å². The molecule has 2 heterocycles. The van der Waals surface area contributed by atoms with Gasteiger partial charge in [0.25, 0.3) is 0 Å².